The minimum absolute atomic E-state index is 0.0958. The number of anilines is 1. The largest absolute Gasteiger partial charge is 0.478 e. The molecule has 0 unspecified atom stereocenters. The highest BCUT2D eigenvalue weighted by Gasteiger charge is 2.26. The van der Waals surface area contributed by atoms with Gasteiger partial charge in [0.1, 0.15) is 28.4 Å². The van der Waals surface area contributed by atoms with Gasteiger partial charge in [-0.3, -0.25) is 4.79 Å². The number of nitrogens with zero attached hydrogens (tertiary/aromatic N) is 2. The smallest absolute Gasteiger partial charge is 0.342 e. The highest BCUT2D eigenvalue weighted by atomic mass is 35.5. The number of benzene rings is 1. The van der Waals surface area contributed by atoms with Crippen LogP contribution in [0, 0.1) is 0 Å². The fourth-order valence-corrected chi connectivity index (χ4v) is 2.71. The summed E-state index contributed by atoms with van der Waals surface area (Å²) >= 11 is 6.01. The molecule has 5 N–H and O–H groups in total. The van der Waals surface area contributed by atoms with Crippen molar-refractivity contribution in [3.63, 3.8) is 0 Å². The Morgan fingerprint density at radius 1 is 1.12 bits per heavy atom. The van der Waals surface area contributed by atoms with E-state index >= 15 is 0 Å². The molecule has 0 aliphatic rings. The predicted octanol–water partition coefficient (Wildman–Crippen LogP) is 1.62. The zero-order chi connectivity index (χ0) is 18.3. The molecular weight excluding hydrogens is 352 g/mol. The Bertz CT molecular complexity index is 1110. The number of hydrogen-bond acceptors (Lipinski definition) is 6. The molecule has 2 aromatic heterocycles. The highest BCUT2D eigenvalue weighted by Crippen LogP contribution is 2.32. The van der Waals surface area contributed by atoms with E-state index in [-0.39, 0.29) is 16.3 Å². The van der Waals surface area contributed by atoms with Crippen molar-refractivity contribution in [2.75, 3.05) is 5.73 Å². The van der Waals surface area contributed by atoms with Crippen molar-refractivity contribution < 1.29 is 19.8 Å². The molecule has 0 atom stereocenters. The molecule has 10 heteroatoms. The standard InChI is InChI=1S/C15H9ClN4O5/c16-11-6-3-5(1-2-7(6)18-4-19-11)8-9(14(22)23)12(17)20-13(21)10(8)15(24)25/h1-4H,(H,22,23)(H,24,25)(H3,17,20,21). The van der Waals surface area contributed by atoms with Gasteiger partial charge in [-0.1, -0.05) is 17.7 Å². The maximum Gasteiger partial charge on any atom is 0.342 e. The highest BCUT2D eigenvalue weighted by molar-refractivity contribution is 6.34. The van der Waals surface area contributed by atoms with Crippen molar-refractivity contribution in [2.45, 2.75) is 0 Å². The number of carboxylic acid groups (broad SMARTS) is 2. The lowest BCUT2D eigenvalue weighted by Gasteiger charge is -2.12. The molecule has 9 nitrogen and oxygen atoms in total. The quantitative estimate of drug-likeness (QED) is 0.512. The minimum atomic E-state index is -1.59. The predicted molar refractivity (Wildman–Crippen MR) is 88.9 cm³/mol. The SMILES string of the molecule is Nc1[nH]c(=O)c(C(=O)O)c(-c2ccc3ncnc(Cl)c3c2)c1C(=O)O. The summed E-state index contributed by atoms with van der Waals surface area (Å²) in [5, 5.41) is 19.3. The normalized spacial score (nSPS) is 10.8. The zero-order valence-electron chi connectivity index (χ0n) is 12.3. The lowest BCUT2D eigenvalue weighted by atomic mass is 9.94. The van der Waals surface area contributed by atoms with E-state index in [4.69, 9.17) is 17.3 Å². The van der Waals surface area contributed by atoms with Gasteiger partial charge in [-0.25, -0.2) is 19.6 Å². The van der Waals surface area contributed by atoms with Crippen LogP contribution in [0.25, 0.3) is 22.0 Å². The van der Waals surface area contributed by atoms with Crippen LogP contribution in [0.2, 0.25) is 5.15 Å². The Kier molecular flexibility index (Phi) is 3.85. The number of pyridine rings is 1. The summed E-state index contributed by atoms with van der Waals surface area (Å²) in [4.78, 5) is 45.0. The number of halogens is 1. The third-order valence-corrected chi connectivity index (χ3v) is 3.85. The Morgan fingerprint density at radius 3 is 2.44 bits per heavy atom. The van der Waals surface area contributed by atoms with Gasteiger partial charge in [0, 0.05) is 10.9 Å². The summed E-state index contributed by atoms with van der Waals surface area (Å²) < 4.78 is 0. The van der Waals surface area contributed by atoms with E-state index in [9.17, 15) is 24.6 Å². The number of nitrogen functional groups attached to an aromatic ring is 1. The van der Waals surface area contributed by atoms with Crippen LogP contribution in [0.1, 0.15) is 20.7 Å². The van der Waals surface area contributed by atoms with Crippen molar-refractivity contribution in [3.05, 3.63) is 51.2 Å². The Balaban J connectivity index is 2.48. The van der Waals surface area contributed by atoms with Gasteiger partial charge in [-0.15, -0.1) is 0 Å². The number of fused-ring (bicyclic) bond motifs is 1. The Hall–Kier alpha value is -3.46. The Labute approximate surface area is 143 Å². The van der Waals surface area contributed by atoms with Gasteiger partial charge in [0.2, 0.25) is 0 Å². The first kappa shape index (κ1) is 16.4. The first-order valence-electron chi connectivity index (χ1n) is 6.74. The van der Waals surface area contributed by atoms with E-state index in [1.54, 1.807) is 0 Å². The first-order chi connectivity index (χ1) is 11.8. The van der Waals surface area contributed by atoms with E-state index in [0.29, 0.717) is 10.9 Å². The van der Waals surface area contributed by atoms with Crippen LogP contribution >= 0.6 is 11.6 Å². The lowest BCUT2D eigenvalue weighted by Crippen LogP contribution is -2.24. The number of aromatic carboxylic acids is 2. The number of rotatable bonds is 3. The zero-order valence-corrected chi connectivity index (χ0v) is 13.0. The summed E-state index contributed by atoms with van der Waals surface area (Å²) in [5.41, 5.74) is 3.60. The third kappa shape index (κ3) is 2.66. The van der Waals surface area contributed by atoms with E-state index in [1.807, 2.05) is 4.98 Å². The summed E-state index contributed by atoms with van der Waals surface area (Å²) in [6.07, 6.45) is 1.25. The van der Waals surface area contributed by atoms with Crippen molar-refractivity contribution in [1.82, 2.24) is 15.0 Å². The van der Waals surface area contributed by atoms with Crippen molar-refractivity contribution in [1.29, 1.82) is 0 Å². The average Bonchev–Trinajstić information content (AvgIpc) is 2.53. The molecule has 3 rings (SSSR count). The fraction of sp³-hybridized carbons (Fsp3) is 0. The van der Waals surface area contributed by atoms with Crippen LogP contribution in [-0.2, 0) is 0 Å². The number of H-pyrrole nitrogens is 1. The number of carbonyl (C=O) groups is 2. The molecule has 0 spiro atoms. The molecular formula is C15H9ClN4O5. The minimum Gasteiger partial charge on any atom is -0.478 e. The monoisotopic (exact) mass is 360 g/mol. The maximum absolute atomic E-state index is 12.0. The van der Waals surface area contributed by atoms with Crippen LogP contribution in [0.4, 0.5) is 5.82 Å². The van der Waals surface area contributed by atoms with Crippen LogP contribution < -0.4 is 11.3 Å². The number of nitrogens with one attached hydrogen (secondary N) is 1. The van der Waals surface area contributed by atoms with Gasteiger partial charge in [0.15, 0.2) is 0 Å². The molecule has 0 aliphatic carbocycles. The summed E-state index contributed by atoms with van der Waals surface area (Å²) in [6.45, 7) is 0. The second-order valence-electron chi connectivity index (χ2n) is 5.00. The van der Waals surface area contributed by atoms with Crippen molar-refractivity contribution in [2.24, 2.45) is 0 Å². The van der Waals surface area contributed by atoms with Crippen molar-refractivity contribution >= 4 is 40.3 Å². The average molecular weight is 361 g/mol. The molecule has 0 saturated heterocycles. The second kappa shape index (κ2) is 5.87. The Morgan fingerprint density at radius 2 is 1.80 bits per heavy atom. The van der Waals surface area contributed by atoms with E-state index in [2.05, 4.69) is 9.97 Å². The van der Waals surface area contributed by atoms with E-state index < -0.39 is 34.4 Å². The summed E-state index contributed by atoms with van der Waals surface area (Å²) in [5.74, 6) is -3.52. The topological polar surface area (TPSA) is 159 Å². The molecule has 2 heterocycles. The number of aromatic amines is 1. The molecule has 0 bridgehead atoms. The van der Waals surface area contributed by atoms with Gasteiger partial charge in [-0.05, 0) is 17.7 Å². The molecule has 0 aliphatic heterocycles. The summed E-state index contributed by atoms with van der Waals surface area (Å²) in [6, 6.07) is 4.34. The second-order valence-corrected chi connectivity index (χ2v) is 5.36. The maximum atomic E-state index is 12.0. The molecule has 0 saturated carbocycles. The van der Waals surface area contributed by atoms with Gasteiger partial charge >= 0.3 is 11.9 Å². The van der Waals surface area contributed by atoms with Crippen LogP contribution in [0.5, 0.6) is 0 Å². The number of hydrogen-bond donors (Lipinski definition) is 4. The van der Waals surface area contributed by atoms with Crippen LogP contribution in [0.15, 0.2) is 29.3 Å². The number of aromatic nitrogens is 3. The van der Waals surface area contributed by atoms with Crippen LogP contribution in [-0.4, -0.2) is 37.1 Å². The van der Waals surface area contributed by atoms with Gasteiger partial charge in [-0.2, -0.15) is 0 Å². The molecule has 1 aromatic carbocycles. The lowest BCUT2D eigenvalue weighted by molar-refractivity contribution is 0.0695. The third-order valence-electron chi connectivity index (χ3n) is 3.55. The van der Waals surface area contributed by atoms with Crippen molar-refractivity contribution in [3.8, 4) is 11.1 Å². The molecule has 0 fully saturated rings. The molecule has 0 radical (unpaired) electrons. The fourth-order valence-electron chi connectivity index (χ4n) is 2.52. The first-order valence-corrected chi connectivity index (χ1v) is 7.12. The molecule has 25 heavy (non-hydrogen) atoms. The van der Waals surface area contributed by atoms with Crippen LogP contribution in [0.3, 0.4) is 0 Å². The molecule has 0 amide bonds. The van der Waals surface area contributed by atoms with Gasteiger partial charge < -0.3 is 20.9 Å². The van der Waals surface area contributed by atoms with Gasteiger partial charge in [0.05, 0.1) is 5.52 Å². The number of nitrogens with two attached hydrogens (primary N) is 1. The molecule has 126 valence electrons. The molecule has 3 aromatic rings. The van der Waals surface area contributed by atoms with E-state index in [0.717, 1.165) is 0 Å². The summed E-state index contributed by atoms with van der Waals surface area (Å²) in [7, 11) is 0. The number of carboxylic acids is 2. The van der Waals surface area contributed by atoms with E-state index in [1.165, 1.54) is 24.5 Å². The van der Waals surface area contributed by atoms with Gasteiger partial charge in [0.25, 0.3) is 5.56 Å².